The Balaban J connectivity index is 2.15. The van der Waals surface area contributed by atoms with Gasteiger partial charge in [0, 0.05) is 13.1 Å². The Bertz CT molecular complexity index is 545. The summed E-state index contributed by atoms with van der Waals surface area (Å²) in [6.07, 6.45) is 4.30. The quantitative estimate of drug-likeness (QED) is 0.931. The normalized spacial score (nSPS) is 28.5. The second kappa shape index (κ2) is 5.42. The third kappa shape index (κ3) is 3.30. The van der Waals surface area contributed by atoms with Crippen LogP contribution in [0.3, 0.4) is 0 Å². The second-order valence-corrected chi connectivity index (χ2v) is 7.67. The van der Waals surface area contributed by atoms with Gasteiger partial charge in [-0.25, -0.2) is 18.1 Å². The third-order valence-corrected chi connectivity index (χ3v) is 5.60. The van der Waals surface area contributed by atoms with Crippen LogP contribution in [0.5, 0.6) is 0 Å². The van der Waals surface area contributed by atoms with Gasteiger partial charge in [0.05, 0.1) is 6.33 Å². The molecule has 1 aromatic heterocycles. The molecule has 0 aromatic carbocycles. The molecule has 0 aliphatic heterocycles. The monoisotopic (exact) mass is 305 g/mol. The maximum atomic E-state index is 12.3. The van der Waals surface area contributed by atoms with Crippen LogP contribution in [-0.4, -0.2) is 24.0 Å². The Morgan fingerprint density at radius 2 is 1.89 bits per heavy atom. The van der Waals surface area contributed by atoms with Crippen molar-refractivity contribution in [3.05, 3.63) is 11.5 Å². The second-order valence-electron chi connectivity index (χ2n) is 5.69. The van der Waals surface area contributed by atoms with Crippen molar-refractivity contribution in [3.63, 3.8) is 0 Å². The first-order chi connectivity index (χ1) is 8.79. The first-order valence-electron chi connectivity index (χ1n) is 6.48. The van der Waals surface area contributed by atoms with E-state index in [-0.39, 0.29) is 16.2 Å². The van der Waals surface area contributed by atoms with E-state index in [2.05, 4.69) is 23.6 Å². The van der Waals surface area contributed by atoms with Gasteiger partial charge in [-0.3, -0.25) is 0 Å². The minimum Gasteiger partial charge on any atom is -0.324 e. The Hall–Kier alpha value is -0.590. The van der Waals surface area contributed by atoms with Crippen molar-refractivity contribution in [1.82, 2.24) is 14.3 Å². The molecule has 0 spiro atoms. The highest BCUT2D eigenvalue weighted by molar-refractivity contribution is 7.89. The summed E-state index contributed by atoms with van der Waals surface area (Å²) in [6.45, 7) is 4.31. The Labute approximate surface area is 119 Å². The molecule has 108 valence electrons. The molecule has 1 heterocycles. The highest BCUT2D eigenvalue weighted by atomic mass is 35.5. The number of aromatic nitrogens is 2. The molecule has 1 fully saturated rings. The van der Waals surface area contributed by atoms with Crippen molar-refractivity contribution in [2.75, 3.05) is 0 Å². The Kier molecular flexibility index (Phi) is 4.23. The summed E-state index contributed by atoms with van der Waals surface area (Å²) in [5.74, 6) is 1.08. The lowest BCUT2D eigenvalue weighted by atomic mass is 9.81. The van der Waals surface area contributed by atoms with E-state index in [4.69, 9.17) is 11.6 Å². The van der Waals surface area contributed by atoms with Crippen LogP contribution < -0.4 is 4.72 Å². The SMILES string of the molecule is CC1CC(C)CC(NS(=O)(=O)c2ncn(C)c2Cl)C1. The molecule has 0 radical (unpaired) electrons. The van der Waals surface area contributed by atoms with E-state index >= 15 is 0 Å². The van der Waals surface area contributed by atoms with E-state index in [9.17, 15) is 8.42 Å². The number of halogens is 1. The number of nitrogens with zero attached hydrogens (tertiary/aromatic N) is 2. The topological polar surface area (TPSA) is 64.0 Å². The number of nitrogens with one attached hydrogen (secondary N) is 1. The fourth-order valence-corrected chi connectivity index (χ4v) is 4.58. The van der Waals surface area contributed by atoms with Gasteiger partial charge in [-0.15, -0.1) is 0 Å². The van der Waals surface area contributed by atoms with Crippen LogP contribution in [0, 0.1) is 11.8 Å². The van der Waals surface area contributed by atoms with Crippen molar-refractivity contribution in [3.8, 4) is 0 Å². The molecule has 0 amide bonds. The van der Waals surface area contributed by atoms with Gasteiger partial charge in [-0.05, 0) is 31.1 Å². The van der Waals surface area contributed by atoms with E-state index in [1.54, 1.807) is 7.05 Å². The molecule has 19 heavy (non-hydrogen) atoms. The van der Waals surface area contributed by atoms with Crippen molar-refractivity contribution < 1.29 is 8.42 Å². The molecule has 0 saturated heterocycles. The average Bonchev–Trinajstić information content (AvgIpc) is 2.57. The van der Waals surface area contributed by atoms with Gasteiger partial charge < -0.3 is 4.57 Å². The summed E-state index contributed by atoms with van der Waals surface area (Å²) in [5, 5.41) is 0.0620. The number of hydrogen-bond acceptors (Lipinski definition) is 3. The molecule has 2 atom stereocenters. The van der Waals surface area contributed by atoms with E-state index in [1.165, 1.54) is 10.9 Å². The number of aryl methyl sites for hydroxylation is 1. The predicted octanol–water partition coefficient (Wildman–Crippen LogP) is 2.18. The lowest BCUT2D eigenvalue weighted by Crippen LogP contribution is -2.40. The van der Waals surface area contributed by atoms with E-state index in [0.717, 1.165) is 19.3 Å². The number of imidazole rings is 1. The molecule has 1 aromatic rings. The summed E-state index contributed by atoms with van der Waals surface area (Å²) in [7, 11) is -1.96. The Morgan fingerprint density at radius 1 is 1.32 bits per heavy atom. The minimum atomic E-state index is -3.63. The molecule has 2 rings (SSSR count). The van der Waals surface area contributed by atoms with Crippen LogP contribution in [0.2, 0.25) is 5.15 Å². The lowest BCUT2D eigenvalue weighted by Gasteiger charge is -2.31. The van der Waals surface area contributed by atoms with Gasteiger partial charge in [0.25, 0.3) is 10.0 Å². The molecule has 2 unspecified atom stereocenters. The zero-order valence-electron chi connectivity index (χ0n) is 11.4. The average molecular weight is 306 g/mol. The summed E-state index contributed by atoms with van der Waals surface area (Å²) in [5.41, 5.74) is 0. The predicted molar refractivity (Wildman–Crippen MR) is 74.5 cm³/mol. The molecule has 5 nitrogen and oxygen atoms in total. The minimum absolute atomic E-state index is 0.0261. The summed E-state index contributed by atoms with van der Waals surface area (Å²) < 4.78 is 28.8. The van der Waals surface area contributed by atoms with Crippen LogP contribution in [0.25, 0.3) is 0 Å². The number of hydrogen-bond donors (Lipinski definition) is 1. The van der Waals surface area contributed by atoms with Crippen molar-refractivity contribution in [2.45, 2.75) is 44.2 Å². The largest absolute Gasteiger partial charge is 0.324 e. The molecule has 7 heteroatoms. The molecule has 0 bridgehead atoms. The number of rotatable bonds is 3. The highest BCUT2D eigenvalue weighted by Crippen LogP contribution is 2.29. The van der Waals surface area contributed by atoms with Crippen LogP contribution >= 0.6 is 11.6 Å². The zero-order valence-corrected chi connectivity index (χ0v) is 13.0. The van der Waals surface area contributed by atoms with Crippen LogP contribution in [-0.2, 0) is 17.1 Å². The van der Waals surface area contributed by atoms with Crippen LogP contribution in [0.15, 0.2) is 11.4 Å². The zero-order chi connectivity index (χ0) is 14.2. The van der Waals surface area contributed by atoms with Gasteiger partial charge in [-0.2, -0.15) is 0 Å². The first-order valence-corrected chi connectivity index (χ1v) is 8.35. The van der Waals surface area contributed by atoms with Gasteiger partial charge in [0.1, 0.15) is 5.15 Å². The molecule has 1 N–H and O–H groups in total. The van der Waals surface area contributed by atoms with Crippen LogP contribution in [0.4, 0.5) is 0 Å². The fourth-order valence-electron chi connectivity index (χ4n) is 2.89. The van der Waals surface area contributed by atoms with Crippen molar-refractivity contribution in [1.29, 1.82) is 0 Å². The fraction of sp³-hybridized carbons (Fsp3) is 0.750. The summed E-state index contributed by atoms with van der Waals surface area (Å²) >= 11 is 5.95. The van der Waals surface area contributed by atoms with E-state index < -0.39 is 10.0 Å². The van der Waals surface area contributed by atoms with Gasteiger partial charge >= 0.3 is 0 Å². The van der Waals surface area contributed by atoms with Gasteiger partial charge in [-0.1, -0.05) is 25.4 Å². The smallest absolute Gasteiger partial charge is 0.261 e. The lowest BCUT2D eigenvalue weighted by molar-refractivity contribution is 0.257. The van der Waals surface area contributed by atoms with Crippen LogP contribution in [0.1, 0.15) is 33.1 Å². The molecular weight excluding hydrogens is 286 g/mol. The molecule has 1 saturated carbocycles. The summed E-state index contributed by atoms with van der Waals surface area (Å²) in [4.78, 5) is 3.87. The van der Waals surface area contributed by atoms with Crippen molar-refractivity contribution in [2.24, 2.45) is 18.9 Å². The first kappa shape index (κ1) is 14.8. The molecule has 1 aliphatic rings. The van der Waals surface area contributed by atoms with Gasteiger partial charge in [0.2, 0.25) is 5.03 Å². The highest BCUT2D eigenvalue weighted by Gasteiger charge is 2.30. The third-order valence-electron chi connectivity index (χ3n) is 3.59. The maximum absolute atomic E-state index is 12.3. The van der Waals surface area contributed by atoms with E-state index in [0.29, 0.717) is 11.8 Å². The number of sulfonamides is 1. The summed E-state index contributed by atoms with van der Waals surface area (Å²) in [6, 6.07) is -0.0261. The standard InChI is InChI=1S/C12H20ClN3O2S/c1-8-4-9(2)6-10(5-8)15-19(17,18)12-11(13)16(3)7-14-12/h7-10,15H,4-6H2,1-3H3. The molecular formula is C12H20ClN3O2S. The Morgan fingerprint density at radius 3 is 2.37 bits per heavy atom. The van der Waals surface area contributed by atoms with Gasteiger partial charge in [0.15, 0.2) is 0 Å². The molecule has 1 aliphatic carbocycles. The van der Waals surface area contributed by atoms with E-state index in [1.807, 2.05) is 0 Å². The van der Waals surface area contributed by atoms with Crippen molar-refractivity contribution >= 4 is 21.6 Å². The maximum Gasteiger partial charge on any atom is 0.261 e.